The van der Waals surface area contributed by atoms with Crippen molar-refractivity contribution < 1.29 is 8.94 Å². The van der Waals surface area contributed by atoms with Gasteiger partial charge < -0.3 is 14.7 Å². The minimum Gasteiger partial charge on any atom is -0.466 e. The Balaban J connectivity index is 2.43. The molecular formula is C10H12N2O2. The van der Waals surface area contributed by atoms with Crippen LogP contribution in [0.1, 0.15) is 17.2 Å². The summed E-state index contributed by atoms with van der Waals surface area (Å²) in [6, 6.07) is 3.76. The lowest BCUT2D eigenvalue weighted by Crippen LogP contribution is -1.94. The molecule has 0 unspecified atom stereocenters. The van der Waals surface area contributed by atoms with E-state index in [0.29, 0.717) is 12.3 Å². The van der Waals surface area contributed by atoms with Gasteiger partial charge in [0.05, 0.1) is 11.3 Å². The molecule has 2 aromatic heterocycles. The summed E-state index contributed by atoms with van der Waals surface area (Å²) in [4.78, 5) is 0. The van der Waals surface area contributed by atoms with Crippen LogP contribution >= 0.6 is 0 Å². The second kappa shape index (κ2) is 3.31. The number of aryl methyl sites for hydroxylation is 2. The van der Waals surface area contributed by atoms with E-state index < -0.39 is 0 Å². The van der Waals surface area contributed by atoms with E-state index in [1.807, 2.05) is 26.0 Å². The van der Waals surface area contributed by atoms with E-state index in [-0.39, 0.29) is 0 Å². The average molecular weight is 192 g/mol. The van der Waals surface area contributed by atoms with Gasteiger partial charge in [-0.25, -0.2) is 0 Å². The Morgan fingerprint density at radius 3 is 2.64 bits per heavy atom. The van der Waals surface area contributed by atoms with Gasteiger partial charge in [-0.15, -0.1) is 0 Å². The Hall–Kier alpha value is -1.55. The van der Waals surface area contributed by atoms with Crippen molar-refractivity contribution in [3.05, 3.63) is 29.3 Å². The molecule has 0 radical (unpaired) electrons. The highest BCUT2D eigenvalue weighted by atomic mass is 16.5. The fourth-order valence-electron chi connectivity index (χ4n) is 1.41. The first-order valence-electron chi connectivity index (χ1n) is 4.44. The van der Waals surface area contributed by atoms with E-state index in [4.69, 9.17) is 14.7 Å². The first-order chi connectivity index (χ1) is 6.70. The third-order valence-corrected chi connectivity index (χ3v) is 2.07. The number of hydrogen-bond donors (Lipinski definition) is 1. The zero-order chi connectivity index (χ0) is 10.1. The van der Waals surface area contributed by atoms with E-state index >= 15 is 0 Å². The summed E-state index contributed by atoms with van der Waals surface area (Å²) in [7, 11) is 0. The molecule has 0 aliphatic heterocycles. The summed E-state index contributed by atoms with van der Waals surface area (Å²) >= 11 is 0. The molecular weight excluding hydrogens is 180 g/mol. The molecule has 2 heterocycles. The highest BCUT2D eigenvalue weighted by Crippen LogP contribution is 2.26. The van der Waals surface area contributed by atoms with Crippen molar-refractivity contribution in [1.29, 1.82) is 0 Å². The molecule has 0 aliphatic carbocycles. The molecule has 2 rings (SSSR count). The minimum absolute atomic E-state index is 0.388. The molecule has 74 valence electrons. The Bertz CT molecular complexity index is 443. The summed E-state index contributed by atoms with van der Waals surface area (Å²) in [5.74, 6) is 2.41. The topological polar surface area (TPSA) is 65.2 Å². The lowest BCUT2D eigenvalue weighted by Gasteiger charge is -1.88. The SMILES string of the molecule is Cc1cc(-c2cc(CN)no2)c(C)o1. The molecule has 2 aromatic rings. The largest absolute Gasteiger partial charge is 0.466 e. The van der Waals surface area contributed by atoms with Crippen LogP contribution in [0.25, 0.3) is 11.3 Å². The van der Waals surface area contributed by atoms with Gasteiger partial charge in [0, 0.05) is 12.6 Å². The summed E-state index contributed by atoms with van der Waals surface area (Å²) in [5.41, 5.74) is 7.13. The number of nitrogens with zero attached hydrogens (tertiary/aromatic N) is 1. The van der Waals surface area contributed by atoms with Gasteiger partial charge in [-0.1, -0.05) is 5.16 Å². The molecule has 0 saturated heterocycles. The summed E-state index contributed by atoms with van der Waals surface area (Å²) < 4.78 is 10.5. The third kappa shape index (κ3) is 1.44. The summed E-state index contributed by atoms with van der Waals surface area (Å²) in [6.45, 7) is 4.18. The maximum atomic E-state index is 5.44. The molecule has 0 saturated carbocycles. The third-order valence-electron chi connectivity index (χ3n) is 2.07. The zero-order valence-electron chi connectivity index (χ0n) is 8.20. The molecule has 2 N–H and O–H groups in total. The number of furan rings is 1. The van der Waals surface area contributed by atoms with Crippen LogP contribution in [0.2, 0.25) is 0 Å². The molecule has 0 amide bonds. The van der Waals surface area contributed by atoms with Crippen LogP contribution in [0, 0.1) is 13.8 Å². The van der Waals surface area contributed by atoms with Gasteiger partial charge in [0.15, 0.2) is 5.76 Å². The minimum atomic E-state index is 0.388. The quantitative estimate of drug-likeness (QED) is 0.790. The van der Waals surface area contributed by atoms with Crippen LogP contribution in [0.15, 0.2) is 21.1 Å². The zero-order valence-corrected chi connectivity index (χ0v) is 8.20. The van der Waals surface area contributed by atoms with E-state index in [1.54, 1.807) is 0 Å². The predicted molar refractivity (Wildman–Crippen MR) is 51.6 cm³/mol. The van der Waals surface area contributed by atoms with Gasteiger partial charge in [-0.2, -0.15) is 0 Å². The Labute approximate surface area is 81.7 Å². The lowest BCUT2D eigenvalue weighted by atomic mass is 10.2. The second-order valence-corrected chi connectivity index (χ2v) is 3.21. The molecule has 0 spiro atoms. The molecule has 0 bridgehead atoms. The molecule has 0 aliphatic rings. The van der Waals surface area contributed by atoms with E-state index in [1.165, 1.54) is 0 Å². The molecule has 4 nitrogen and oxygen atoms in total. The molecule has 0 aromatic carbocycles. The summed E-state index contributed by atoms with van der Waals surface area (Å²) in [6.07, 6.45) is 0. The van der Waals surface area contributed by atoms with Crippen molar-refractivity contribution in [1.82, 2.24) is 5.16 Å². The number of hydrogen-bond acceptors (Lipinski definition) is 4. The molecule has 4 heteroatoms. The smallest absolute Gasteiger partial charge is 0.170 e. The van der Waals surface area contributed by atoms with E-state index in [9.17, 15) is 0 Å². The number of rotatable bonds is 2. The van der Waals surface area contributed by atoms with Crippen molar-refractivity contribution in [2.45, 2.75) is 20.4 Å². The fraction of sp³-hybridized carbons (Fsp3) is 0.300. The van der Waals surface area contributed by atoms with Crippen LogP contribution in [0.4, 0.5) is 0 Å². The van der Waals surface area contributed by atoms with Crippen LogP contribution in [-0.2, 0) is 6.54 Å². The second-order valence-electron chi connectivity index (χ2n) is 3.21. The van der Waals surface area contributed by atoms with Crippen molar-refractivity contribution in [2.75, 3.05) is 0 Å². The average Bonchev–Trinajstić information content (AvgIpc) is 2.71. The molecule has 14 heavy (non-hydrogen) atoms. The number of aromatic nitrogens is 1. The lowest BCUT2D eigenvalue weighted by molar-refractivity contribution is 0.422. The first-order valence-corrected chi connectivity index (χ1v) is 4.44. The maximum Gasteiger partial charge on any atom is 0.170 e. The first kappa shape index (κ1) is 9.02. The Morgan fingerprint density at radius 1 is 1.36 bits per heavy atom. The number of nitrogens with two attached hydrogens (primary N) is 1. The summed E-state index contributed by atoms with van der Waals surface area (Å²) in [5, 5.41) is 3.82. The van der Waals surface area contributed by atoms with Gasteiger partial charge in [0.1, 0.15) is 11.5 Å². The van der Waals surface area contributed by atoms with Crippen molar-refractivity contribution in [3.63, 3.8) is 0 Å². The van der Waals surface area contributed by atoms with Crippen molar-refractivity contribution in [2.24, 2.45) is 5.73 Å². The highest BCUT2D eigenvalue weighted by molar-refractivity contribution is 5.60. The van der Waals surface area contributed by atoms with Gasteiger partial charge in [0.25, 0.3) is 0 Å². The fourth-order valence-corrected chi connectivity index (χ4v) is 1.41. The monoisotopic (exact) mass is 192 g/mol. The van der Waals surface area contributed by atoms with Gasteiger partial charge >= 0.3 is 0 Å². The van der Waals surface area contributed by atoms with Crippen LogP contribution in [0.5, 0.6) is 0 Å². The highest BCUT2D eigenvalue weighted by Gasteiger charge is 2.12. The molecule has 0 atom stereocenters. The van der Waals surface area contributed by atoms with Crippen LogP contribution < -0.4 is 5.73 Å². The standard InChI is InChI=1S/C10H12N2O2/c1-6-3-9(7(2)13-6)10-4-8(5-11)12-14-10/h3-4H,5,11H2,1-2H3. The van der Waals surface area contributed by atoms with Crippen molar-refractivity contribution >= 4 is 0 Å². The van der Waals surface area contributed by atoms with E-state index in [0.717, 1.165) is 22.8 Å². The molecule has 0 fully saturated rings. The van der Waals surface area contributed by atoms with Gasteiger partial charge in [-0.05, 0) is 19.9 Å². The maximum absolute atomic E-state index is 5.44. The Kier molecular flexibility index (Phi) is 2.13. The Morgan fingerprint density at radius 2 is 2.14 bits per heavy atom. The predicted octanol–water partition coefficient (Wildman–Crippen LogP) is 2.01. The normalized spacial score (nSPS) is 10.8. The van der Waals surface area contributed by atoms with Crippen LogP contribution in [-0.4, -0.2) is 5.16 Å². The van der Waals surface area contributed by atoms with Gasteiger partial charge in [0.2, 0.25) is 0 Å². The van der Waals surface area contributed by atoms with Gasteiger partial charge in [-0.3, -0.25) is 0 Å². The van der Waals surface area contributed by atoms with Crippen LogP contribution in [0.3, 0.4) is 0 Å². The van der Waals surface area contributed by atoms with E-state index in [2.05, 4.69) is 5.16 Å². The van der Waals surface area contributed by atoms with Crippen molar-refractivity contribution in [3.8, 4) is 11.3 Å².